The van der Waals surface area contributed by atoms with Crippen LogP contribution in [0.4, 0.5) is 16.2 Å². The van der Waals surface area contributed by atoms with Crippen molar-refractivity contribution in [1.29, 1.82) is 0 Å². The quantitative estimate of drug-likeness (QED) is 0.437. The van der Waals surface area contributed by atoms with E-state index >= 15 is 0 Å². The molecule has 130 valence electrons. The number of nitrogens with zero attached hydrogens (tertiary/aromatic N) is 2. The van der Waals surface area contributed by atoms with Crippen LogP contribution in [-0.4, -0.2) is 46.0 Å². The number of alkyl halides is 1. The summed E-state index contributed by atoms with van der Waals surface area (Å²) in [6.45, 7) is 0.821. The van der Waals surface area contributed by atoms with Gasteiger partial charge in [-0.2, -0.15) is 0 Å². The van der Waals surface area contributed by atoms with Gasteiger partial charge in [0.25, 0.3) is 0 Å². The molecule has 2 rings (SSSR count). The number of carbonyl (C=O) groups excluding carboxylic acids is 1. The highest BCUT2D eigenvalue weighted by molar-refractivity contribution is 6.29. The summed E-state index contributed by atoms with van der Waals surface area (Å²) in [7, 11) is 0. The lowest BCUT2D eigenvalue weighted by Gasteiger charge is -2.14. The third-order valence-corrected chi connectivity index (χ3v) is 3.20. The van der Waals surface area contributed by atoms with Gasteiger partial charge in [0.2, 0.25) is 5.91 Å². The predicted octanol–water partition coefficient (Wildman–Crippen LogP) is 2.30. The van der Waals surface area contributed by atoms with Gasteiger partial charge in [-0.1, -0.05) is 0 Å². The van der Waals surface area contributed by atoms with Crippen molar-refractivity contribution in [2.24, 2.45) is 0 Å². The zero-order valence-electron chi connectivity index (χ0n) is 12.6. The first-order valence-electron chi connectivity index (χ1n) is 6.92. The molecule has 10 heteroatoms. The second-order valence-electron chi connectivity index (χ2n) is 4.61. The van der Waals surface area contributed by atoms with Crippen LogP contribution in [0.5, 0.6) is 0 Å². The molecule has 0 atom stereocenters. The Morgan fingerprint density at radius 3 is 2.75 bits per heavy atom. The minimum Gasteiger partial charge on any atom is -0.465 e. The predicted molar refractivity (Wildman–Crippen MR) is 95.3 cm³/mol. The molecule has 0 unspecified atom stereocenters. The van der Waals surface area contributed by atoms with Gasteiger partial charge in [-0.25, -0.2) is 4.79 Å². The summed E-state index contributed by atoms with van der Waals surface area (Å²) in [6.07, 6.45) is 2.68. The minimum absolute atomic E-state index is 0. The zero-order chi connectivity index (χ0) is 16.7. The molecule has 8 nitrogen and oxygen atoms in total. The topological polar surface area (TPSA) is 116 Å². The molecule has 2 aromatic heterocycles. The summed E-state index contributed by atoms with van der Waals surface area (Å²) in [5, 5.41) is 16.7. The van der Waals surface area contributed by atoms with E-state index in [4.69, 9.17) is 16.7 Å². The van der Waals surface area contributed by atoms with Crippen LogP contribution in [0, 0.1) is 0 Å². The summed E-state index contributed by atoms with van der Waals surface area (Å²) in [4.78, 5) is 30.5. The van der Waals surface area contributed by atoms with Crippen molar-refractivity contribution < 1.29 is 14.7 Å². The Balaban J connectivity index is 0.00000288. The Bertz CT molecular complexity index is 714. The number of rotatable bonds is 7. The molecule has 4 N–H and O–H groups in total. The fraction of sp³-hybridized carbons (Fsp3) is 0.286. The molecule has 0 saturated heterocycles. The molecule has 2 heterocycles. The maximum absolute atomic E-state index is 11.5. The van der Waals surface area contributed by atoms with Gasteiger partial charge in [0, 0.05) is 19.3 Å². The highest BCUT2D eigenvalue weighted by atomic mass is 35.5. The lowest BCUT2D eigenvalue weighted by molar-refractivity contribution is -0.113. The third kappa shape index (κ3) is 5.39. The van der Waals surface area contributed by atoms with Crippen LogP contribution in [0.15, 0.2) is 24.5 Å². The van der Waals surface area contributed by atoms with Gasteiger partial charge in [-0.05, 0) is 18.6 Å². The molecular weight excluding hydrogens is 357 g/mol. The van der Waals surface area contributed by atoms with Gasteiger partial charge in [0.1, 0.15) is 11.4 Å². The van der Waals surface area contributed by atoms with Crippen molar-refractivity contribution >= 4 is 58.4 Å². The maximum atomic E-state index is 11.5. The van der Waals surface area contributed by atoms with Crippen LogP contribution in [0.25, 0.3) is 11.0 Å². The molecule has 0 aliphatic carbocycles. The Morgan fingerprint density at radius 1 is 1.25 bits per heavy atom. The van der Waals surface area contributed by atoms with Crippen LogP contribution in [0.2, 0.25) is 0 Å². The van der Waals surface area contributed by atoms with Crippen molar-refractivity contribution in [3.8, 4) is 0 Å². The molecule has 0 fully saturated rings. The van der Waals surface area contributed by atoms with Crippen molar-refractivity contribution in [1.82, 2.24) is 15.3 Å². The van der Waals surface area contributed by atoms with Gasteiger partial charge in [-0.15, -0.1) is 24.0 Å². The van der Waals surface area contributed by atoms with E-state index in [0.29, 0.717) is 41.9 Å². The molecule has 0 aromatic carbocycles. The molecule has 0 aliphatic heterocycles. The van der Waals surface area contributed by atoms with Gasteiger partial charge >= 0.3 is 6.09 Å². The monoisotopic (exact) mass is 373 g/mol. The number of carbonyl (C=O) groups is 2. The van der Waals surface area contributed by atoms with Crippen LogP contribution >= 0.6 is 24.0 Å². The number of hydrogen-bond acceptors (Lipinski definition) is 5. The normalized spacial score (nSPS) is 9.88. The van der Waals surface area contributed by atoms with Crippen LogP contribution in [-0.2, 0) is 4.79 Å². The number of pyridine rings is 2. The van der Waals surface area contributed by atoms with Crippen LogP contribution in [0.3, 0.4) is 0 Å². The molecule has 0 aliphatic rings. The van der Waals surface area contributed by atoms with E-state index in [1.807, 2.05) is 6.07 Å². The third-order valence-electron chi connectivity index (χ3n) is 2.95. The van der Waals surface area contributed by atoms with E-state index in [-0.39, 0.29) is 24.2 Å². The SMILES string of the molecule is Cl.O=C(O)NCCCNc1c(NC(=O)CCl)cnc2cccnc12. The highest BCUT2D eigenvalue weighted by Crippen LogP contribution is 2.28. The smallest absolute Gasteiger partial charge is 0.404 e. The van der Waals surface area contributed by atoms with E-state index in [2.05, 4.69) is 25.9 Å². The number of amides is 2. The van der Waals surface area contributed by atoms with Crippen molar-refractivity contribution in [2.75, 3.05) is 29.6 Å². The van der Waals surface area contributed by atoms with Gasteiger partial charge < -0.3 is 21.1 Å². The average molecular weight is 374 g/mol. The van der Waals surface area contributed by atoms with Crippen molar-refractivity contribution in [3.63, 3.8) is 0 Å². The summed E-state index contributed by atoms with van der Waals surface area (Å²) in [6, 6.07) is 3.58. The molecule has 2 aromatic rings. The lowest BCUT2D eigenvalue weighted by Crippen LogP contribution is -2.23. The minimum atomic E-state index is -1.06. The number of aromatic nitrogens is 2. The first kappa shape index (κ1) is 19.7. The number of halogens is 2. The number of carboxylic acid groups (broad SMARTS) is 1. The van der Waals surface area contributed by atoms with Gasteiger partial charge in [-0.3, -0.25) is 14.8 Å². The second-order valence-corrected chi connectivity index (χ2v) is 4.88. The van der Waals surface area contributed by atoms with E-state index in [1.54, 1.807) is 12.3 Å². The summed E-state index contributed by atoms with van der Waals surface area (Å²) >= 11 is 5.52. The Labute approximate surface area is 149 Å². The largest absolute Gasteiger partial charge is 0.465 e. The molecule has 24 heavy (non-hydrogen) atoms. The van der Waals surface area contributed by atoms with Crippen LogP contribution < -0.4 is 16.0 Å². The van der Waals surface area contributed by atoms with E-state index < -0.39 is 6.09 Å². The Kier molecular flexibility index (Phi) is 8.00. The molecule has 2 amide bonds. The molecule has 0 saturated carbocycles. The molecular formula is C14H17Cl2N5O3. The number of fused-ring (bicyclic) bond motifs is 1. The summed E-state index contributed by atoms with van der Waals surface area (Å²) in [5.74, 6) is -0.512. The second kappa shape index (κ2) is 9.74. The Morgan fingerprint density at radius 2 is 2.04 bits per heavy atom. The maximum Gasteiger partial charge on any atom is 0.404 e. The van der Waals surface area contributed by atoms with Gasteiger partial charge in [0.15, 0.2) is 0 Å². The number of nitrogens with one attached hydrogen (secondary N) is 3. The van der Waals surface area contributed by atoms with Crippen molar-refractivity contribution in [2.45, 2.75) is 6.42 Å². The molecule has 0 spiro atoms. The van der Waals surface area contributed by atoms with E-state index in [1.165, 1.54) is 6.20 Å². The zero-order valence-corrected chi connectivity index (χ0v) is 14.2. The van der Waals surface area contributed by atoms with E-state index in [0.717, 1.165) is 0 Å². The highest BCUT2D eigenvalue weighted by Gasteiger charge is 2.11. The number of anilines is 2. The fourth-order valence-corrected chi connectivity index (χ4v) is 2.04. The van der Waals surface area contributed by atoms with E-state index in [9.17, 15) is 9.59 Å². The summed E-state index contributed by atoms with van der Waals surface area (Å²) in [5.41, 5.74) is 2.41. The standard InChI is InChI=1S/C14H16ClN5O3.ClH/c15-7-11(21)20-10-8-19-9-3-1-4-16-12(9)13(10)17-5-2-6-18-14(22)23;/h1,3-4,8,18H,2,5-7H2,(H,17,19)(H,20,21)(H,22,23);1H. The molecule has 0 bridgehead atoms. The van der Waals surface area contributed by atoms with Crippen molar-refractivity contribution in [3.05, 3.63) is 24.5 Å². The first-order valence-corrected chi connectivity index (χ1v) is 7.45. The van der Waals surface area contributed by atoms with Gasteiger partial charge in [0.05, 0.1) is 23.1 Å². The molecule has 0 radical (unpaired) electrons. The van der Waals surface area contributed by atoms with Crippen LogP contribution in [0.1, 0.15) is 6.42 Å². The number of hydrogen-bond donors (Lipinski definition) is 4. The Hall–Kier alpha value is -2.32. The first-order chi connectivity index (χ1) is 11.1. The fourth-order valence-electron chi connectivity index (χ4n) is 1.97. The lowest BCUT2D eigenvalue weighted by atomic mass is 10.2. The summed E-state index contributed by atoms with van der Waals surface area (Å²) < 4.78 is 0. The average Bonchev–Trinajstić information content (AvgIpc) is 2.55.